The molecular weight excluding hydrogens is 220 g/mol. The van der Waals surface area contributed by atoms with Crippen LogP contribution in [0, 0.1) is 0 Å². The number of hydrogen-bond acceptors (Lipinski definition) is 4. The third-order valence-corrected chi connectivity index (χ3v) is 3.17. The largest absolute Gasteiger partial charge is 0.440 e. The Labute approximate surface area is 99.1 Å². The van der Waals surface area contributed by atoms with Crippen LogP contribution in [0.15, 0.2) is 46.4 Å². The van der Waals surface area contributed by atoms with Crippen molar-refractivity contribution in [3.8, 4) is 0 Å². The number of oxazole rings is 1. The Bertz CT molecular complexity index is 411. The second kappa shape index (κ2) is 5.61. The van der Waals surface area contributed by atoms with E-state index in [-0.39, 0.29) is 0 Å². The van der Waals surface area contributed by atoms with Crippen molar-refractivity contribution in [3.63, 3.8) is 0 Å². The van der Waals surface area contributed by atoms with Gasteiger partial charge in [0, 0.05) is 11.4 Å². The van der Waals surface area contributed by atoms with Gasteiger partial charge in [-0.2, -0.15) is 0 Å². The van der Waals surface area contributed by atoms with Gasteiger partial charge < -0.3 is 10.2 Å². The minimum absolute atomic E-state index is 0.748. The molecule has 0 spiro atoms. The number of aryl methyl sites for hydroxylation is 1. The Kier molecular flexibility index (Phi) is 3.88. The van der Waals surface area contributed by atoms with Gasteiger partial charge in [0.15, 0.2) is 0 Å². The fourth-order valence-electron chi connectivity index (χ4n) is 1.40. The zero-order valence-corrected chi connectivity index (χ0v) is 9.74. The molecule has 84 valence electrons. The summed E-state index contributed by atoms with van der Waals surface area (Å²) in [5.41, 5.74) is 7.76. The molecule has 1 aromatic heterocycles. The molecule has 0 fully saturated rings. The maximum absolute atomic E-state index is 5.62. The summed E-state index contributed by atoms with van der Waals surface area (Å²) in [6.07, 6.45) is 5.44. The van der Waals surface area contributed by atoms with Gasteiger partial charge in [-0.3, -0.25) is 0 Å². The summed E-state index contributed by atoms with van der Waals surface area (Å²) in [6, 6.07) is 8.03. The molecule has 3 nitrogen and oxygen atoms in total. The highest BCUT2D eigenvalue weighted by molar-refractivity contribution is 7.99. The van der Waals surface area contributed by atoms with Crippen LogP contribution in [0.25, 0.3) is 0 Å². The van der Waals surface area contributed by atoms with E-state index in [9.17, 15) is 0 Å². The van der Waals surface area contributed by atoms with Crippen LogP contribution in [0.5, 0.6) is 0 Å². The average Bonchev–Trinajstić information content (AvgIpc) is 2.80. The zero-order chi connectivity index (χ0) is 11.2. The molecule has 0 bridgehead atoms. The smallest absolute Gasteiger partial charge is 0.255 e. The lowest BCUT2D eigenvalue weighted by atomic mass is 10.1. The standard InChI is InChI=1S/C12H14N2OS/c13-11-5-3-10(4-6-11)2-1-9-16-12-14-7-8-15-12/h3-8H,1-2,9,13H2. The first-order chi connectivity index (χ1) is 7.84. The second-order valence-electron chi connectivity index (χ2n) is 3.49. The molecule has 0 amide bonds. The van der Waals surface area contributed by atoms with Crippen molar-refractivity contribution in [3.05, 3.63) is 42.3 Å². The quantitative estimate of drug-likeness (QED) is 0.491. The first kappa shape index (κ1) is 11.1. The number of hydrogen-bond donors (Lipinski definition) is 1. The average molecular weight is 234 g/mol. The molecule has 0 saturated carbocycles. The number of nitrogens with zero attached hydrogens (tertiary/aromatic N) is 1. The maximum Gasteiger partial charge on any atom is 0.255 e. The van der Waals surface area contributed by atoms with Crippen LogP contribution < -0.4 is 5.73 Å². The third kappa shape index (κ3) is 3.31. The summed E-state index contributed by atoms with van der Waals surface area (Å²) in [7, 11) is 0. The minimum Gasteiger partial charge on any atom is -0.440 e. The van der Waals surface area contributed by atoms with Gasteiger partial charge >= 0.3 is 0 Å². The van der Waals surface area contributed by atoms with E-state index < -0.39 is 0 Å². The monoisotopic (exact) mass is 234 g/mol. The van der Waals surface area contributed by atoms with Gasteiger partial charge in [0.05, 0.1) is 6.20 Å². The molecule has 2 aromatic rings. The molecule has 0 aliphatic heterocycles. The highest BCUT2D eigenvalue weighted by atomic mass is 32.2. The molecule has 0 aliphatic carbocycles. The van der Waals surface area contributed by atoms with Crippen LogP contribution in [0.4, 0.5) is 5.69 Å². The molecule has 1 aromatic carbocycles. The summed E-state index contributed by atoms with van der Waals surface area (Å²) in [6.45, 7) is 0. The Morgan fingerprint density at radius 2 is 2.06 bits per heavy atom. The van der Waals surface area contributed by atoms with Gasteiger partial charge in [0.2, 0.25) is 0 Å². The minimum atomic E-state index is 0.748. The van der Waals surface area contributed by atoms with Crippen molar-refractivity contribution in [1.29, 1.82) is 0 Å². The van der Waals surface area contributed by atoms with Gasteiger partial charge in [-0.05, 0) is 30.5 Å². The van der Waals surface area contributed by atoms with Gasteiger partial charge in [-0.25, -0.2) is 4.98 Å². The first-order valence-corrected chi connectivity index (χ1v) is 6.20. The van der Waals surface area contributed by atoms with E-state index in [1.54, 1.807) is 24.2 Å². The molecule has 0 atom stereocenters. The summed E-state index contributed by atoms with van der Waals surface area (Å²) in [5, 5.41) is 0.748. The third-order valence-electron chi connectivity index (χ3n) is 2.22. The van der Waals surface area contributed by atoms with Gasteiger partial charge in [-0.1, -0.05) is 23.9 Å². The van der Waals surface area contributed by atoms with Crippen LogP contribution in [0.3, 0.4) is 0 Å². The van der Waals surface area contributed by atoms with Gasteiger partial charge in [0.1, 0.15) is 6.26 Å². The van der Waals surface area contributed by atoms with E-state index in [1.165, 1.54) is 5.56 Å². The highest BCUT2D eigenvalue weighted by Gasteiger charge is 1.98. The normalized spacial score (nSPS) is 10.5. The summed E-state index contributed by atoms with van der Waals surface area (Å²) < 4.78 is 5.14. The molecule has 16 heavy (non-hydrogen) atoms. The van der Waals surface area contributed by atoms with E-state index in [2.05, 4.69) is 17.1 Å². The van der Waals surface area contributed by atoms with Crippen LogP contribution in [0.1, 0.15) is 12.0 Å². The summed E-state index contributed by atoms with van der Waals surface area (Å²) in [4.78, 5) is 4.05. The molecule has 0 aliphatic rings. The lowest BCUT2D eigenvalue weighted by molar-refractivity contribution is 0.454. The lowest BCUT2D eigenvalue weighted by Crippen LogP contribution is -1.89. The Balaban J connectivity index is 1.70. The number of aromatic nitrogens is 1. The lowest BCUT2D eigenvalue weighted by Gasteiger charge is -2.00. The number of thioether (sulfide) groups is 1. The van der Waals surface area contributed by atoms with Crippen molar-refractivity contribution in [2.45, 2.75) is 18.1 Å². The number of anilines is 1. The molecule has 0 radical (unpaired) electrons. The number of nitrogens with two attached hydrogens (primary N) is 1. The molecule has 0 unspecified atom stereocenters. The van der Waals surface area contributed by atoms with Crippen LogP contribution in [0.2, 0.25) is 0 Å². The predicted molar refractivity (Wildman–Crippen MR) is 66.4 cm³/mol. The Morgan fingerprint density at radius 1 is 1.25 bits per heavy atom. The van der Waals surface area contributed by atoms with E-state index in [0.29, 0.717) is 0 Å². The molecule has 2 N–H and O–H groups in total. The first-order valence-electron chi connectivity index (χ1n) is 5.21. The van der Waals surface area contributed by atoms with E-state index in [1.807, 2.05) is 12.1 Å². The van der Waals surface area contributed by atoms with Crippen molar-refractivity contribution < 1.29 is 4.42 Å². The van der Waals surface area contributed by atoms with Crippen LogP contribution >= 0.6 is 11.8 Å². The van der Waals surface area contributed by atoms with E-state index >= 15 is 0 Å². The van der Waals surface area contributed by atoms with Gasteiger partial charge in [-0.15, -0.1) is 0 Å². The van der Waals surface area contributed by atoms with Crippen molar-refractivity contribution >= 4 is 17.4 Å². The molecular formula is C12H14N2OS. The van der Waals surface area contributed by atoms with Crippen LogP contribution in [-0.2, 0) is 6.42 Å². The fraction of sp³-hybridized carbons (Fsp3) is 0.250. The second-order valence-corrected chi connectivity index (χ2v) is 4.54. The van der Waals surface area contributed by atoms with Crippen molar-refractivity contribution in [2.24, 2.45) is 0 Å². The van der Waals surface area contributed by atoms with E-state index in [0.717, 1.165) is 29.5 Å². The maximum atomic E-state index is 5.62. The highest BCUT2D eigenvalue weighted by Crippen LogP contribution is 2.17. The number of rotatable bonds is 5. The SMILES string of the molecule is Nc1ccc(CCCSc2ncco2)cc1. The Morgan fingerprint density at radius 3 is 2.75 bits per heavy atom. The fourth-order valence-corrected chi connectivity index (χ4v) is 2.12. The molecule has 0 saturated heterocycles. The van der Waals surface area contributed by atoms with Gasteiger partial charge in [0.25, 0.3) is 5.22 Å². The van der Waals surface area contributed by atoms with Crippen molar-refractivity contribution in [1.82, 2.24) is 4.98 Å². The summed E-state index contributed by atoms with van der Waals surface area (Å²) >= 11 is 1.65. The predicted octanol–water partition coefficient (Wildman–Crippen LogP) is 2.98. The van der Waals surface area contributed by atoms with Crippen LogP contribution in [-0.4, -0.2) is 10.7 Å². The topological polar surface area (TPSA) is 52.0 Å². The van der Waals surface area contributed by atoms with E-state index in [4.69, 9.17) is 10.2 Å². The molecule has 2 rings (SSSR count). The number of nitrogen functional groups attached to an aromatic ring is 1. The zero-order valence-electron chi connectivity index (χ0n) is 8.93. The summed E-state index contributed by atoms with van der Waals surface area (Å²) in [5.74, 6) is 1.02. The van der Waals surface area contributed by atoms with Crippen molar-refractivity contribution in [2.75, 3.05) is 11.5 Å². The Hall–Kier alpha value is -1.42. The number of benzene rings is 1. The molecule has 4 heteroatoms. The molecule has 1 heterocycles.